The lowest BCUT2D eigenvalue weighted by Crippen LogP contribution is -2.36. The van der Waals surface area contributed by atoms with Crippen molar-refractivity contribution in [3.63, 3.8) is 0 Å². The van der Waals surface area contributed by atoms with Crippen molar-refractivity contribution in [3.05, 3.63) is 203 Å². The summed E-state index contributed by atoms with van der Waals surface area (Å²) in [6.07, 6.45) is 13.9. The minimum atomic E-state index is 0.0612. The molecule has 382 valence electrons. The fraction of sp³-hybridized carbons (Fsp3) is 0.342. The maximum Gasteiger partial charge on any atom is 0.00647 e. The van der Waals surface area contributed by atoms with E-state index in [1.165, 1.54) is 106 Å². The highest BCUT2D eigenvalue weighted by molar-refractivity contribution is 5.86. The number of hydrogen-bond donors (Lipinski definition) is 0. The summed E-state index contributed by atoms with van der Waals surface area (Å²) >= 11 is 0. The van der Waals surface area contributed by atoms with E-state index in [4.69, 9.17) is 0 Å². The van der Waals surface area contributed by atoms with E-state index < -0.39 is 0 Å². The van der Waals surface area contributed by atoms with Gasteiger partial charge in [-0.3, -0.25) is 0 Å². The van der Waals surface area contributed by atoms with E-state index in [1.54, 1.807) is 5.57 Å². The Bertz CT molecular complexity index is 3020. The van der Waals surface area contributed by atoms with Crippen molar-refractivity contribution < 1.29 is 0 Å². The van der Waals surface area contributed by atoms with Gasteiger partial charge in [-0.2, -0.15) is 0 Å². The average molecular weight is 968 g/mol. The van der Waals surface area contributed by atoms with Crippen LogP contribution in [-0.4, -0.2) is 0 Å². The van der Waals surface area contributed by atoms with Crippen LogP contribution >= 0.6 is 0 Å². The van der Waals surface area contributed by atoms with Crippen LogP contribution in [0.4, 0.5) is 0 Å². The molecule has 0 aliphatic heterocycles. The van der Waals surface area contributed by atoms with Crippen LogP contribution in [0.3, 0.4) is 0 Å². The molecule has 0 heterocycles. The summed E-state index contributed by atoms with van der Waals surface area (Å²) < 4.78 is 0. The topological polar surface area (TPSA) is 0 Å². The van der Waals surface area contributed by atoms with Crippen molar-refractivity contribution in [3.8, 4) is 66.8 Å². The number of benzene rings is 7. The predicted molar refractivity (Wildman–Crippen MR) is 328 cm³/mol. The first-order valence-electron chi connectivity index (χ1n) is 28.0. The molecule has 0 aromatic heterocycles. The number of allylic oxidation sites excluding steroid dienone is 4. The molecule has 7 aromatic rings. The molecule has 7 aromatic carbocycles. The molecule has 0 radical (unpaired) electrons. The van der Waals surface area contributed by atoms with Gasteiger partial charge in [-0.05, 0) is 166 Å². The molecule has 0 bridgehead atoms. The summed E-state index contributed by atoms with van der Waals surface area (Å²) in [5, 5.41) is 2.87. The van der Waals surface area contributed by atoms with Gasteiger partial charge in [0.2, 0.25) is 0 Å². The standard InChI is InChI=1S/C62H60.C5H12.3C2H6/c1-9-18-49-35-48-19-10-11-28-57(48)59-32-17-31-58(60(49)59)56-30-16-29-55(41(56)2)47-25-13-21-43(34-47)42-20-12-22-44(33-42)50-36-51(45-23-14-26-53(39-45)61(3,4)5)38-52(37-50)46-24-15-27-54(40-46)62(6,7)8;1-4-5(2)3;3*1-2/h10-17,19-34,36-40,48H,9,18,35H2,1-8H3;5H,4H2,1-3H3;3*1-2H3. The Kier molecular flexibility index (Phi) is 21.0. The highest BCUT2D eigenvalue weighted by Crippen LogP contribution is 2.39. The van der Waals surface area contributed by atoms with Gasteiger partial charge in [0, 0.05) is 5.92 Å². The lowest BCUT2D eigenvalue weighted by Gasteiger charge is -2.25. The van der Waals surface area contributed by atoms with E-state index in [2.05, 4.69) is 252 Å². The minimum Gasteiger partial charge on any atom is -0.0767 e. The normalized spacial score (nSPS) is 13.5. The molecule has 1 unspecified atom stereocenters. The van der Waals surface area contributed by atoms with Crippen molar-refractivity contribution in [1.29, 1.82) is 0 Å². The molecule has 73 heavy (non-hydrogen) atoms. The van der Waals surface area contributed by atoms with Gasteiger partial charge in [0.05, 0.1) is 0 Å². The summed E-state index contributed by atoms with van der Waals surface area (Å²) in [5.74, 6) is 1.36. The molecular formula is C73H90. The fourth-order valence-corrected chi connectivity index (χ4v) is 9.79. The Balaban J connectivity index is 0.000000830. The lowest BCUT2D eigenvalue weighted by molar-refractivity contribution is 0.590. The molecule has 0 fully saturated rings. The van der Waals surface area contributed by atoms with Crippen molar-refractivity contribution in [1.82, 2.24) is 0 Å². The van der Waals surface area contributed by atoms with Crippen LogP contribution in [0, 0.1) is 18.8 Å². The second-order valence-electron chi connectivity index (χ2n) is 21.5. The third-order valence-corrected chi connectivity index (χ3v) is 14.1. The van der Waals surface area contributed by atoms with Crippen molar-refractivity contribution in [2.24, 2.45) is 11.8 Å². The van der Waals surface area contributed by atoms with Crippen LogP contribution in [0.2, 0.25) is 0 Å². The Morgan fingerprint density at radius 2 is 0.863 bits per heavy atom. The van der Waals surface area contributed by atoms with Crippen molar-refractivity contribution >= 4 is 11.1 Å². The monoisotopic (exact) mass is 967 g/mol. The number of rotatable bonds is 9. The lowest BCUT2D eigenvalue weighted by atomic mass is 9.79. The molecule has 0 spiro atoms. The van der Waals surface area contributed by atoms with Gasteiger partial charge < -0.3 is 0 Å². The first kappa shape index (κ1) is 57.7. The zero-order valence-electron chi connectivity index (χ0n) is 48.2. The first-order valence-corrected chi connectivity index (χ1v) is 28.0. The summed E-state index contributed by atoms with van der Waals surface area (Å²) in [5.41, 5.74) is 22.2. The van der Waals surface area contributed by atoms with Gasteiger partial charge in [0.15, 0.2) is 0 Å². The molecule has 0 amide bonds. The van der Waals surface area contributed by atoms with Crippen LogP contribution in [0.5, 0.6) is 0 Å². The van der Waals surface area contributed by atoms with Crippen LogP contribution in [-0.2, 0) is 10.8 Å². The maximum atomic E-state index is 2.39. The molecule has 0 nitrogen and oxygen atoms in total. The van der Waals surface area contributed by atoms with Crippen LogP contribution in [0.1, 0.15) is 153 Å². The highest BCUT2D eigenvalue weighted by Gasteiger charge is 2.23. The van der Waals surface area contributed by atoms with E-state index in [0.717, 1.165) is 25.2 Å². The van der Waals surface area contributed by atoms with Crippen LogP contribution < -0.4 is 10.4 Å². The van der Waals surface area contributed by atoms with Crippen LogP contribution in [0.25, 0.3) is 77.9 Å². The fourth-order valence-electron chi connectivity index (χ4n) is 9.79. The van der Waals surface area contributed by atoms with Crippen LogP contribution in [0.15, 0.2) is 176 Å². The van der Waals surface area contributed by atoms with Crippen molar-refractivity contribution in [2.75, 3.05) is 0 Å². The molecule has 1 atom stereocenters. The molecule has 2 aliphatic carbocycles. The predicted octanol–water partition coefficient (Wildman–Crippen LogP) is 21.0. The minimum absolute atomic E-state index is 0.0612. The summed E-state index contributed by atoms with van der Waals surface area (Å²) in [7, 11) is 0. The maximum absolute atomic E-state index is 2.39. The smallest absolute Gasteiger partial charge is 0.00647 e. The quantitative estimate of drug-likeness (QED) is 0.135. The van der Waals surface area contributed by atoms with E-state index in [0.29, 0.717) is 5.92 Å². The molecule has 0 heteroatoms. The van der Waals surface area contributed by atoms with Gasteiger partial charge in [-0.25, -0.2) is 0 Å². The van der Waals surface area contributed by atoms with Gasteiger partial charge in [-0.15, -0.1) is 0 Å². The Morgan fingerprint density at radius 1 is 0.466 bits per heavy atom. The second-order valence-corrected chi connectivity index (χ2v) is 21.5. The molecule has 0 saturated heterocycles. The van der Waals surface area contributed by atoms with Crippen molar-refractivity contribution in [2.45, 2.75) is 154 Å². The summed E-state index contributed by atoms with van der Waals surface area (Å²) in [6, 6.07) is 57.5. The van der Waals surface area contributed by atoms with Gasteiger partial charge in [0.1, 0.15) is 0 Å². The van der Waals surface area contributed by atoms with Gasteiger partial charge >= 0.3 is 0 Å². The van der Waals surface area contributed by atoms with E-state index in [-0.39, 0.29) is 10.8 Å². The Hall–Kier alpha value is -6.24. The molecule has 0 saturated carbocycles. The molecular weight excluding hydrogens is 877 g/mol. The number of hydrogen-bond acceptors (Lipinski definition) is 0. The highest BCUT2D eigenvalue weighted by atomic mass is 14.3. The van der Waals surface area contributed by atoms with E-state index >= 15 is 0 Å². The largest absolute Gasteiger partial charge is 0.0767 e. The van der Waals surface area contributed by atoms with Gasteiger partial charge in [-0.1, -0.05) is 275 Å². The summed E-state index contributed by atoms with van der Waals surface area (Å²) in [4.78, 5) is 0. The Morgan fingerprint density at radius 3 is 1.36 bits per heavy atom. The third-order valence-electron chi connectivity index (χ3n) is 14.1. The molecule has 2 aliphatic rings. The van der Waals surface area contributed by atoms with E-state index in [9.17, 15) is 0 Å². The SMILES string of the molecule is CC.CC.CC.CCC(C)C.CCCC1=c2c(-c3cccc(-c4cccc(-c5cccc(-c6cc(-c7cccc(C(C)(C)C)c7)cc(-c7cccc(C(C)(C)C)c7)c6)c5)c4)c3C)cccc2=C2C=CC=CC2C1. The summed E-state index contributed by atoms with van der Waals surface area (Å²) in [6.45, 7) is 37.0. The third kappa shape index (κ3) is 14.1. The molecule has 9 rings (SSSR count). The molecule has 0 N–H and O–H groups in total. The van der Waals surface area contributed by atoms with Gasteiger partial charge in [0.25, 0.3) is 0 Å². The number of fused-ring (bicyclic) bond motifs is 2. The first-order chi connectivity index (χ1) is 35.1. The average Bonchev–Trinajstić information content (AvgIpc) is 3.42. The Labute approximate surface area is 444 Å². The second kappa shape index (κ2) is 26.6. The van der Waals surface area contributed by atoms with E-state index in [1.807, 2.05) is 41.5 Å². The zero-order valence-corrected chi connectivity index (χ0v) is 48.2. The zero-order chi connectivity index (χ0) is 53.5.